The normalized spacial score (nSPS) is 12.6. The van der Waals surface area contributed by atoms with Crippen LogP contribution in [0.2, 0.25) is 0 Å². The standard InChI is InChI=1S/C16H20F2N4O/c1-21(2)10-8-13(12-6-4-3-5-7-12)19-15(23)14-9-11-22(20-14)16(17)18/h3-7,9,11,13,16H,8,10H2,1-2H3,(H,19,23)/t13-/m1/s1. The van der Waals surface area contributed by atoms with Crippen molar-refractivity contribution in [3.63, 3.8) is 0 Å². The molecule has 0 aliphatic heterocycles. The Bertz CT molecular complexity index is 628. The Kier molecular flexibility index (Phi) is 5.81. The SMILES string of the molecule is CN(C)CC[C@@H](NC(=O)c1ccn(C(F)F)n1)c1ccccc1. The van der Waals surface area contributed by atoms with Gasteiger partial charge in [-0.05, 0) is 38.7 Å². The van der Waals surface area contributed by atoms with Crippen LogP contribution in [0.15, 0.2) is 42.6 Å². The summed E-state index contributed by atoms with van der Waals surface area (Å²) in [6, 6.07) is 10.6. The summed E-state index contributed by atoms with van der Waals surface area (Å²) in [6.07, 6.45) is 1.80. The van der Waals surface area contributed by atoms with Gasteiger partial charge in [0.2, 0.25) is 0 Å². The first-order valence-electron chi connectivity index (χ1n) is 7.31. The highest BCUT2D eigenvalue weighted by Crippen LogP contribution is 2.18. The summed E-state index contributed by atoms with van der Waals surface area (Å²) in [5, 5.41) is 6.47. The largest absolute Gasteiger partial charge is 0.344 e. The minimum atomic E-state index is -2.75. The highest BCUT2D eigenvalue weighted by molar-refractivity contribution is 5.92. The molecule has 2 aromatic rings. The number of halogens is 2. The van der Waals surface area contributed by atoms with Crippen molar-refractivity contribution in [2.45, 2.75) is 19.0 Å². The quantitative estimate of drug-likeness (QED) is 0.853. The minimum absolute atomic E-state index is 0.0175. The fraction of sp³-hybridized carbons (Fsp3) is 0.375. The maximum atomic E-state index is 12.5. The van der Waals surface area contributed by atoms with Gasteiger partial charge in [0, 0.05) is 6.20 Å². The summed E-state index contributed by atoms with van der Waals surface area (Å²) < 4.78 is 25.6. The van der Waals surface area contributed by atoms with E-state index in [-0.39, 0.29) is 11.7 Å². The van der Waals surface area contributed by atoms with Crippen LogP contribution in [0, 0.1) is 0 Å². The van der Waals surface area contributed by atoms with Crippen molar-refractivity contribution in [2.75, 3.05) is 20.6 Å². The van der Waals surface area contributed by atoms with E-state index in [1.54, 1.807) is 0 Å². The summed E-state index contributed by atoms with van der Waals surface area (Å²) in [6.45, 7) is -1.97. The van der Waals surface area contributed by atoms with Crippen LogP contribution in [0.25, 0.3) is 0 Å². The molecule has 1 amide bonds. The van der Waals surface area contributed by atoms with Crippen molar-refractivity contribution in [2.24, 2.45) is 0 Å². The van der Waals surface area contributed by atoms with Gasteiger partial charge in [0.15, 0.2) is 0 Å². The van der Waals surface area contributed by atoms with Gasteiger partial charge in [-0.1, -0.05) is 30.3 Å². The Hall–Kier alpha value is -2.28. The second-order valence-corrected chi connectivity index (χ2v) is 5.49. The number of nitrogens with one attached hydrogen (secondary N) is 1. The zero-order valence-electron chi connectivity index (χ0n) is 13.1. The number of nitrogens with zero attached hydrogens (tertiary/aromatic N) is 3. The molecule has 23 heavy (non-hydrogen) atoms. The third-order valence-corrected chi connectivity index (χ3v) is 3.41. The van der Waals surface area contributed by atoms with Crippen LogP contribution in [0.3, 0.4) is 0 Å². The van der Waals surface area contributed by atoms with Gasteiger partial charge in [0.25, 0.3) is 5.91 Å². The fourth-order valence-corrected chi connectivity index (χ4v) is 2.19. The van der Waals surface area contributed by atoms with E-state index >= 15 is 0 Å². The Labute approximate surface area is 133 Å². The van der Waals surface area contributed by atoms with Crippen LogP contribution >= 0.6 is 0 Å². The summed E-state index contributed by atoms with van der Waals surface area (Å²) >= 11 is 0. The van der Waals surface area contributed by atoms with Crippen LogP contribution in [0.5, 0.6) is 0 Å². The highest BCUT2D eigenvalue weighted by atomic mass is 19.3. The van der Waals surface area contributed by atoms with Gasteiger partial charge < -0.3 is 10.2 Å². The summed E-state index contributed by atoms with van der Waals surface area (Å²) in [7, 11) is 3.91. The molecule has 0 saturated carbocycles. The van der Waals surface area contributed by atoms with Crippen molar-refractivity contribution in [1.29, 1.82) is 0 Å². The van der Waals surface area contributed by atoms with Crippen LogP contribution < -0.4 is 5.32 Å². The van der Waals surface area contributed by atoms with E-state index in [1.165, 1.54) is 6.07 Å². The van der Waals surface area contributed by atoms with Crippen molar-refractivity contribution < 1.29 is 13.6 Å². The molecular weight excluding hydrogens is 302 g/mol. The second kappa shape index (κ2) is 7.82. The lowest BCUT2D eigenvalue weighted by Gasteiger charge is -2.20. The highest BCUT2D eigenvalue weighted by Gasteiger charge is 2.18. The number of carbonyl (C=O) groups is 1. The summed E-state index contributed by atoms with van der Waals surface area (Å²) in [5.41, 5.74) is 0.951. The molecule has 1 N–H and O–H groups in total. The molecule has 0 aliphatic rings. The second-order valence-electron chi connectivity index (χ2n) is 5.49. The molecule has 1 atom stereocenters. The zero-order valence-corrected chi connectivity index (χ0v) is 13.1. The van der Waals surface area contributed by atoms with Crippen molar-refractivity contribution in [3.05, 3.63) is 53.9 Å². The Morgan fingerprint density at radius 3 is 2.52 bits per heavy atom. The van der Waals surface area contributed by atoms with Gasteiger partial charge in [-0.3, -0.25) is 4.79 Å². The van der Waals surface area contributed by atoms with E-state index in [2.05, 4.69) is 10.4 Å². The molecule has 0 aliphatic carbocycles. The molecule has 1 heterocycles. The van der Waals surface area contributed by atoms with Crippen molar-refractivity contribution in [1.82, 2.24) is 20.0 Å². The van der Waals surface area contributed by atoms with Gasteiger partial charge in [-0.15, -0.1) is 0 Å². The van der Waals surface area contributed by atoms with E-state index in [1.807, 2.05) is 49.3 Å². The van der Waals surface area contributed by atoms with E-state index in [9.17, 15) is 13.6 Å². The summed E-state index contributed by atoms with van der Waals surface area (Å²) in [5.74, 6) is -0.461. The molecule has 1 aromatic carbocycles. The molecule has 0 fully saturated rings. The minimum Gasteiger partial charge on any atom is -0.344 e. The maximum absolute atomic E-state index is 12.5. The van der Waals surface area contributed by atoms with E-state index in [0.717, 1.165) is 18.3 Å². The lowest BCUT2D eigenvalue weighted by atomic mass is 10.0. The molecule has 0 bridgehead atoms. The topological polar surface area (TPSA) is 50.2 Å². The van der Waals surface area contributed by atoms with Crippen molar-refractivity contribution in [3.8, 4) is 0 Å². The number of aromatic nitrogens is 2. The number of carbonyl (C=O) groups excluding carboxylic acids is 1. The van der Waals surface area contributed by atoms with Crippen LogP contribution in [0.4, 0.5) is 8.78 Å². The Morgan fingerprint density at radius 2 is 1.96 bits per heavy atom. The number of amides is 1. The first-order valence-corrected chi connectivity index (χ1v) is 7.31. The van der Waals surface area contributed by atoms with E-state index in [4.69, 9.17) is 0 Å². The fourth-order valence-electron chi connectivity index (χ4n) is 2.19. The molecule has 0 radical (unpaired) electrons. The lowest BCUT2D eigenvalue weighted by molar-refractivity contribution is 0.0559. The maximum Gasteiger partial charge on any atom is 0.333 e. The van der Waals surface area contributed by atoms with E-state index in [0.29, 0.717) is 11.1 Å². The van der Waals surface area contributed by atoms with Gasteiger partial charge >= 0.3 is 6.55 Å². The van der Waals surface area contributed by atoms with Gasteiger partial charge in [-0.2, -0.15) is 13.9 Å². The molecule has 7 heteroatoms. The molecule has 124 valence electrons. The molecule has 0 saturated heterocycles. The molecule has 0 spiro atoms. The average Bonchev–Trinajstić information content (AvgIpc) is 3.02. The number of hydrogen-bond acceptors (Lipinski definition) is 3. The molecule has 1 aromatic heterocycles. The first-order chi connectivity index (χ1) is 11.0. The zero-order chi connectivity index (χ0) is 16.8. The molecule has 0 unspecified atom stereocenters. The van der Waals surface area contributed by atoms with Crippen molar-refractivity contribution >= 4 is 5.91 Å². The monoisotopic (exact) mass is 322 g/mol. The smallest absolute Gasteiger partial charge is 0.333 e. The van der Waals surface area contributed by atoms with Crippen LogP contribution in [0.1, 0.15) is 35.1 Å². The number of benzene rings is 1. The molecular formula is C16H20F2N4O. The third-order valence-electron chi connectivity index (χ3n) is 3.41. The summed E-state index contributed by atoms with van der Waals surface area (Å²) in [4.78, 5) is 14.3. The predicted molar refractivity (Wildman–Crippen MR) is 83.3 cm³/mol. The van der Waals surface area contributed by atoms with E-state index < -0.39 is 12.5 Å². The lowest BCUT2D eigenvalue weighted by Crippen LogP contribution is -2.31. The van der Waals surface area contributed by atoms with Gasteiger partial charge in [-0.25, -0.2) is 4.68 Å². The average molecular weight is 322 g/mol. The molecule has 5 nitrogen and oxygen atoms in total. The van der Waals surface area contributed by atoms with Crippen LogP contribution in [-0.4, -0.2) is 41.2 Å². The molecule has 2 rings (SSSR count). The number of alkyl halides is 2. The Balaban J connectivity index is 2.11. The third kappa shape index (κ3) is 4.85. The number of hydrogen-bond donors (Lipinski definition) is 1. The first kappa shape index (κ1) is 17.1. The van der Waals surface area contributed by atoms with Crippen LogP contribution in [-0.2, 0) is 0 Å². The Morgan fingerprint density at radius 1 is 1.26 bits per heavy atom. The predicted octanol–water partition coefficient (Wildman–Crippen LogP) is 2.70. The van der Waals surface area contributed by atoms with Gasteiger partial charge in [0.05, 0.1) is 6.04 Å². The van der Waals surface area contributed by atoms with Gasteiger partial charge in [0.1, 0.15) is 5.69 Å². The number of rotatable bonds is 7.